The Morgan fingerprint density at radius 2 is 2.00 bits per heavy atom. The van der Waals surface area contributed by atoms with Crippen molar-refractivity contribution < 1.29 is 9.29 Å². The third-order valence-electron chi connectivity index (χ3n) is 9.29. The largest absolute Gasteiger partial charge is 0.616 e. The zero-order valence-electron chi connectivity index (χ0n) is 21.8. The van der Waals surface area contributed by atoms with E-state index < -0.39 is 11.2 Å². The number of fused-ring (bicyclic) bond motifs is 4. The molecule has 1 aromatic carbocycles. The van der Waals surface area contributed by atoms with E-state index >= 15 is 0 Å². The maximum Gasteiger partial charge on any atom is 0.146 e. The summed E-state index contributed by atoms with van der Waals surface area (Å²) < 4.78 is 20.8. The molecule has 4 aromatic rings. The number of aromatic nitrogens is 4. The van der Waals surface area contributed by atoms with Crippen molar-refractivity contribution in [3.8, 4) is 16.9 Å². The van der Waals surface area contributed by atoms with Gasteiger partial charge in [0.1, 0.15) is 40.6 Å². The zero-order valence-corrected chi connectivity index (χ0v) is 22.6. The van der Waals surface area contributed by atoms with Gasteiger partial charge in [-0.3, -0.25) is 9.88 Å². The van der Waals surface area contributed by atoms with Crippen molar-refractivity contribution in [3.63, 3.8) is 0 Å². The van der Waals surface area contributed by atoms with E-state index in [1.807, 2.05) is 24.4 Å². The number of pyridine rings is 1. The van der Waals surface area contributed by atoms with Crippen LogP contribution in [0.3, 0.4) is 0 Å². The molecule has 8 nitrogen and oxygen atoms in total. The van der Waals surface area contributed by atoms with Gasteiger partial charge in [0.2, 0.25) is 0 Å². The predicted octanol–water partition coefficient (Wildman–Crippen LogP) is 4.30. The van der Waals surface area contributed by atoms with Crippen LogP contribution in [0, 0.1) is 5.92 Å². The summed E-state index contributed by atoms with van der Waals surface area (Å²) in [6, 6.07) is 13.4. The number of hydrogen-bond acceptors (Lipinski definition) is 7. The zero-order chi connectivity index (χ0) is 26.1. The smallest absolute Gasteiger partial charge is 0.146 e. The Kier molecular flexibility index (Phi) is 5.60. The molecule has 6 heterocycles. The molecule has 200 valence electrons. The molecule has 0 amide bonds. The molecule has 2 bridgehead atoms. The Morgan fingerprint density at radius 3 is 2.79 bits per heavy atom. The van der Waals surface area contributed by atoms with Gasteiger partial charge in [0.25, 0.3) is 0 Å². The van der Waals surface area contributed by atoms with Crippen LogP contribution in [0.1, 0.15) is 49.1 Å². The second-order valence-corrected chi connectivity index (χ2v) is 13.4. The molecule has 2 N–H and O–H groups in total. The normalized spacial score (nSPS) is 29.8. The van der Waals surface area contributed by atoms with Gasteiger partial charge in [-0.15, -0.1) is 0 Å². The first-order chi connectivity index (χ1) is 19.1. The van der Waals surface area contributed by atoms with Gasteiger partial charge in [-0.25, -0.2) is 9.97 Å². The second kappa shape index (κ2) is 9.21. The van der Waals surface area contributed by atoms with E-state index in [0.717, 1.165) is 84.6 Å². The molecule has 8 rings (SSSR count). The monoisotopic (exact) mass is 540 g/mol. The number of anilines is 1. The lowest BCUT2D eigenvalue weighted by molar-refractivity contribution is 0.126. The molecule has 1 aliphatic carbocycles. The summed E-state index contributed by atoms with van der Waals surface area (Å²) in [5.74, 6) is 2.96. The molecule has 0 spiro atoms. The van der Waals surface area contributed by atoms with Crippen LogP contribution in [0.15, 0.2) is 55.1 Å². The fourth-order valence-electron chi connectivity index (χ4n) is 7.18. The van der Waals surface area contributed by atoms with Crippen LogP contribution < -0.4 is 10.5 Å². The second-order valence-electron chi connectivity index (χ2n) is 11.6. The third kappa shape index (κ3) is 4.01. The molecule has 1 saturated carbocycles. The molecule has 2 saturated heterocycles. The minimum atomic E-state index is -0.597. The first kappa shape index (κ1) is 23.7. The summed E-state index contributed by atoms with van der Waals surface area (Å²) in [6.07, 6.45) is 10.8. The van der Waals surface area contributed by atoms with Crippen LogP contribution in [0.4, 0.5) is 5.82 Å². The Hall–Kier alpha value is -3.14. The predicted molar refractivity (Wildman–Crippen MR) is 152 cm³/mol. The van der Waals surface area contributed by atoms with Crippen LogP contribution in [0.2, 0.25) is 0 Å². The Labute approximate surface area is 230 Å². The lowest BCUT2D eigenvalue weighted by Crippen LogP contribution is -2.45. The molecular weight excluding hydrogens is 508 g/mol. The van der Waals surface area contributed by atoms with Crippen molar-refractivity contribution in [2.24, 2.45) is 5.92 Å². The van der Waals surface area contributed by atoms with E-state index in [1.165, 1.54) is 5.56 Å². The van der Waals surface area contributed by atoms with E-state index in [9.17, 15) is 4.55 Å². The standard InChI is InChI=1S/C30H32N6O2S/c31-29-28-24(20-5-4-19-6-7-26(38-27(19)11-20)25-3-1-2-8-32-25)15-36(30(28)34-17-33-29)21-9-18(10-21)13-35-14-23-12-22(35)16-39(23)37/h1-5,8,11,15,17-18,21-23,26H,6-7,9-10,12-14,16H2,(H2,31,33,34)/t18?,21?,22-,23-,26?,39?/m0/s1. The minimum absolute atomic E-state index is 0.0403. The summed E-state index contributed by atoms with van der Waals surface area (Å²) in [5, 5.41) is 1.32. The summed E-state index contributed by atoms with van der Waals surface area (Å²) in [4.78, 5) is 16.1. The third-order valence-corrected chi connectivity index (χ3v) is 11.1. The maximum atomic E-state index is 12.1. The Bertz CT molecular complexity index is 1540. The van der Waals surface area contributed by atoms with Gasteiger partial charge >= 0.3 is 0 Å². The highest BCUT2D eigenvalue weighted by molar-refractivity contribution is 7.92. The van der Waals surface area contributed by atoms with Crippen LogP contribution in [-0.4, -0.2) is 59.1 Å². The number of nitrogens with zero attached hydrogens (tertiary/aromatic N) is 5. The van der Waals surface area contributed by atoms with Gasteiger partial charge in [-0.2, -0.15) is 0 Å². The van der Waals surface area contributed by atoms with Crippen LogP contribution in [0.25, 0.3) is 22.2 Å². The topological polar surface area (TPSA) is 105 Å². The van der Waals surface area contributed by atoms with Gasteiger partial charge in [0.15, 0.2) is 0 Å². The number of ether oxygens (including phenoxy) is 1. The molecule has 0 radical (unpaired) electrons. The number of likely N-dealkylation sites (tertiary alicyclic amines) is 1. The van der Waals surface area contributed by atoms with Crippen LogP contribution >= 0.6 is 0 Å². The number of aryl methyl sites for hydroxylation is 1. The number of rotatable bonds is 5. The van der Waals surface area contributed by atoms with Crippen molar-refractivity contribution in [1.82, 2.24) is 24.4 Å². The van der Waals surface area contributed by atoms with Crippen molar-refractivity contribution >= 4 is 28.0 Å². The first-order valence-electron chi connectivity index (χ1n) is 14.0. The van der Waals surface area contributed by atoms with Gasteiger partial charge in [0, 0.05) is 43.5 Å². The number of benzene rings is 1. The highest BCUT2D eigenvalue weighted by atomic mass is 32.2. The lowest BCUT2D eigenvalue weighted by atomic mass is 9.79. The summed E-state index contributed by atoms with van der Waals surface area (Å²) in [5.41, 5.74) is 11.7. The van der Waals surface area contributed by atoms with Crippen molar-refractivity contribution in [2.75, 3.05) is 24.6 Å². The van der Waals surface area contributed by atoms with Crippen LogP contribution in [0.5, 0.6) is 5.75 Å². The molecule has 4 atom stereocenters. The van der Waals surface area contributed by atoms with E-state index in [4.69, 9.17) is 10.5 Å². The molecular formula is C30H32N6O2S. The van der Waals surface area contributed by atoms with Crippen molar-refractivity contribution in [3.05, 3.63) is 66.4 Å². The van der Waals surface area contributed by atoms with E-state index in [-0.39, 0.29) is 6.10 Å². The molecule has 3 aliphatic heterocycles. The Balaban J connectivity index is 1.06. The number of nitrogens with two attached hydrogens (primary N) is 1. The lowest BCUT2D eigenvalue weighted by Gasteiger charge is -2.40. The van der Waals surface area contributed by atoms with Gasteiger partial charge in [-0.05, 0) is 72.1 Å². The molecule has 3 fully saturated rings. The maximum absolute atomic E-state index is 12.1. The molecule has 39 heavy (non-hydrogen) atoms. The number of nitrogen functional groups attached to an aromatic ring is 1. The summed E-state index contributed by atoms with van der Waals surface area (Å²) >= 11 is -0.597. The fraction of sp³-hybridized carbons (Fsp3) is 0.433. The summed E-state index contributed by atoms with van der Waals surface area (Å²) in [6.45, 7) is 2.14. The summed E-state index contributed by atoms with van der Waals surface area (Å²) in [7, 11) is 0. The van der Waals surface area contributed by atoms with Gasteiger partial charge < -0.3 is 19.6 Å². The molecule has 4 aliphatic rings. The SMILES string of the molecule is Nc1ncnc2c1c(-c1ccc3c(c1)OC(c1ccccn1)CC3)cn2C1CC(CN2C[C@@H]3C[C@H]2C[S+]3[O-])C1. The average molecular weight is 541 g/mol. The average Bonchev–Trinajstić information content (AvgIpc) is 3.63. The van der Waals surface area contributed by atoms with Crippen molar-refractivity contribution in [2.45, 2.75) is 55.5 Å². The van der Waals surface area contributed by atoms with Gasteiger partial charge in [0.05, 0.1) is 17.1 Å². The highest BCUT2D eigenvalue weighted by Gasteiger charge is 2.49. The molecule has 9 heteroatoms. The Morgan fingerprint density at radius 1 is 1.08 bits per heavy atom. The van der Waals surface area contributed by atoms with E-state index in [0.29, 0.717) is 29.1 Å². The minimum Gasteiger partial charge on any atom is -0.616 e. The first-order valence-corrected chi connectivity index (χ1v) is 15.4. The van der Waals surface area contributed by atoms with Gasteiger partial charge in [-0.1, -0.05) is 18.2 Å². The fourth-order valence-corrected chi connectivity index (χ4v) is 8.97. The quantitative estimate of drug-likeness (QED) is 0.376. The van der Waals surface area contributed by atoms with Crippen LogP contribution in [-0.2, 0) is 17.6 Å². The van der Waals surface area contributed by atoms with E-state index in [1.54, 1.807) is 6.33 Å². The number of hydrogen-bond donors (Lipinski definition) is 1. The highest BCUT2D eigenvalue weighted by Crippen LogP contribution is 2.45. The molecule has 3 aromatic heterocycles. The van der Waals surface area contributed by atoms with E-state index in [2.05, 4.69) is 48.8 Å². The van der Waals surface area contributed by atoms with Crippen molar-refractivity contribution in [1.29, 1.82) is 0 Å². The molecule has 2 unspecified atom stereocenters.